The van der Waals surface area contributed by atoms with Gasteiger partial charge in [0.1, 0.15) is 12.3 Å². The molecule has 0 atom stereocenters. The van der Waals surface area contributed by atoms with Gasteiger partial charge in [-0.2, -0.15) is 16.9 Å². The molecule has 0 spiro atoms. The standard InChI is InChI=1S/C28H32F2N2O3S/c1-36-15-14-24-26(22-8-5-9-23(29)27(22)30)28(21-6-3-2-4-7-21)31-32(24)16-19-10-12-20(13-11-19)17-35-18-25(33)34/h2-9,19-20H,10-18H2,1H3,(H,33,34)/t19-,20-. The highest BCUT2D eigenvalue weighted by atomic mass is 32.2. The van der Waals surface area contributed by atoms with Gasteiger partial charge in [-0.1, -0.05) is 42.5 Å². The molecule has 0 bridgehead atoms. The zero-order chi connectivity index (χ0) is 25.5. The fraction of sp³-hybridized carbons (Fsp3) is 0.429. The molecule has 1 fully saturated rings. The SMILES string of the molecule is CSCCc1c(-c2cccc(F)c2F)c(-c2ccccc2)nn1C[C@H]1CC[C@H](COCC(=O)O)CC1. The average Bonchev–Trinajstić information content (AvgIpc) is 3.23. The van der Waals surface area contributed by atoms with Crippen LogP contribution in [0.1, 0.15) is 31.4 Å². The second kappa shape index (κ2) is 12.5. The highest BCUT2D eigenvalue weighted by Gasteiger charge is 2.27. The van der Waals surface area contributed by atoms with Gasteiger partial charge in [-0.15, -0.1) is 0 Å². The van der Waals surface area contributed by atoms with E-state index in [0.29, 0.717) is 42.7 Å². The van der Waals surface area contributed by atoms with Crippen LogP contribution in [0.15, 0.2) is 48.5 Å². The first kappa shape index (κ1) is 26.4. The maximum Gasteiger partial charge on any atom is 0.329 e. The predicted octanol–water partition coefficient (Wildman–Crippen LogP) is 6.31. The molecule has 4 rings (SSSR count). The molecule has 1 aliphatic carbocycles. The van der Waals surface area contributed by atoms with Crippen molar-refractivity contribution in [1.82, 2.24) is 9.78 Å². The Morgan fingerprint density at radius 3 is 2.50 bits per heavy atom. The van der Waals surface area contributed by atoms with E-state index >= 15 is 4.39 Å². The van der Waals surface area contributed by atoms with Crippen molar-refractivity contribution in [3.63, 3.8) is 0 Å². The van der Waals surface area contributed by atoms with E-state index in [0.717, 1.165) is 48.8 Å². The molecule has 8 heteroatoms. The number of thioether (sulfide) groups is 1. The zero-order valence-corrected chi connectivity index (χ0v) is 21.3. The maximum atomic E-state index is 15.1. The van der Waals surface area contributed by atoms with Crippen molar-refractivity contribution in [1.29, 1.82) is 0 Å². The van der Waals surface area contributed by atoms with Gasteiger partial charge in [0, 0.05) is 28.9 Å². The molecule has 3 aromatic rings. The van der Waals surface area contributed by atoms with Crippen LogP contribution in [0.3, 0.4) is 0 Å². The number of aromatic nitrogens is 2. The van der Waals surface area contributed by atoms with Crippen molar-refractivity contribution >= 4 is 17.7 Å². The lowest BCUT2D eigenvalue weighted by molar-refractivity contribution is -0.142. The third-order valence-corrected chi connectivity index (χ3v) is 7.46. The first-order chi connectivity index (χ1) is 17.5. The average molecular weight is 515 g/mol. The van der Waals surface area contributed by atoms with Gasteiger partial charge >= 0.3 is 5.97 Å². The van der Waals surface area contributed by atoms with Crippen LogP contribution in [0.25, 0.3) is 22.4 Å². The molecule has 1 aromatic heterocycles. The summed E-state index contributed by atoms with van der Waals surface area (Å²) < 4.78 is 36.7. The van der Waals surface area contributed by atoms with Crippen LogP contribution in [-0.4, -0.2) is 46.1 Å². The Morgan fingerprint density at radius 1 is 1.08 bits per heavy atom. The summed E-state index contributed by atoms with van der Waals surface area (Å²) in [4.78, 5) is 10.7. The molecule has 1 aliphatic rings. The van der Waals surface area contributed by atoms with E-state index in [2.05, 4.69) is 0 Å². The fourth-order valence-corrected chi connectivity index (χ4v) is 5.41. The molecule has 192 valence electrons. The normalized spacial score (nSPS) is 17.9. The largest absolute Gasteiger partial charge is 0.480 e. The second-order valence-corrected chi connectivity index (χ2v) is 10.3. The van der Waals surface area contributed by atoms with Gasteiger partial charge < -0.3 is 9.84 Å². The quantitative estimate of drug-likeness (QED) is 0.325. The van der Waals surface area contributed by atoms with E-state index in [1.165, 1.54) is 0 Å². The molecule has 1 heterocycles. The second-order valence-electron chi connectivity index (χ2n) is 9.36. The minimum Gasteiger partial charge on any atom is -0.480 e. The van der Waals surface area contributed by atoms with Crippen LogP contribution < -0.4 is 0 Å². The molecule has 36 heavy (non-hydrogen) atoms. The van der Waals surface area contributed by atoms with Gasteiger partial charge in [0.25, 0.3) is 0 Å². The number of carbonyl (C=O) groups is 1. The summed E-state index contributed by atoms with van der Waals surface area (Å²) in [7, 11) is 0. The highest BCUT2D eigenvalue weighted by molar-refractivity contribution is 7.98. The Hall–Kier alpha value is -2.71. The highest BCUT2D eigenvalue weighted by Crippen LogP contribution is 2.38. The van der Waals surface area contributed by atoms with E-state index in [4.69, 9.17) is 14.9 Å². The number of halogens is 2. The molecule has 0 amide bonds. The summed E-state index contributed by atoms with van der Waals surface area (Å²) in [6.07, 6.45) is 6.67. The maximum absolute atomic E-state index is 15.1. The molecule has 0 radical (unpaired) electrons. The summed E-state index contributed by atoms with van der Waals surface area (Å²) in [5.41, 5.74) is 3.39. The van der Waals surface area contributed by atoms with E-state index in [1.807, 2.05) is 41.3 Å². The van der Waals surface area contributed by atoms with Crippen molar-refractivity contribution in [2.45, 2.75) is 38.6 Å². The van der Waals surface area contributed by atoms with Crippen molar-refractivity contribution in [2.24, 2.45) is 11.8 Å². The summed E-state index contributed by atoms with van der Waals surface area (Å²) >= 11 is 1.71. The van der Waals surface area contributed by atoms with E-state index in [9.17, 15) is 9.18 Å². The number of hydrogen-bond donors (Lipinski definition) is 1. The molecule has 1 saturated carbocycles. The summed E-state index contributed by atoms with van der Waals surface area (Å²) in [5, 5.41) is 13.8. The van der Waals surface area contributed by atoms with Gasteiger partial charge in [-0.05, 0) is 62.0 Å². The van der Waals surface area contributed by atoms with Gasteiger partial charge in [0.2, 0.25) is 0 Å². The zero-order valence-electron chi connectivity index (χ0n) is 20.5. The van der Waals surface area contributed by atoms with Crippen molar-refractivity contribution in [3.8, 4) is 22.4 Å². The van der Waals surface area contributed by atoms with Gasteiger partial charge in [0.05, 0.1) is 6.61 Å². The van der Waals surface area contributed by atoms with Crippen molar-refractivity contribution in [3.05, 3.63) is 65.9 Å². The van der Waals surface area contributed by atoms with Crippen molar-refractivity contribution in [2.75, 3.05) is 25.2 Å². The molecule has 0 saturated heterocycles. The topological polar surface area (TPSA) is 64.4 Å². The first-order valence-corrected chi connectivity index (χ1v) is 13.7. The monoisotopic (exact) mass is 514 g/mol. The van der Waals surface area contributed by atoms with Gasteiger partial charge in [-0.3, -0.25) is 4.68 Å². The molecule has 1 N–H and O–H groups in total. The number of benzene rings is 2. The van der Waals surface area contributed by atoms with Crippen LogP contribution >= 0.6 is 11.8 Å². The number of ether oxygens (including phenoxy) is 1. The third-order valence-electron chi connectivity index (χ3n) is 6.85. The van der Waals surface area contributed by atoms with Crippen LogP contribution in [0, 0.1) is 23.5 Å². The summed E-state index contributed by atoms with van der Waals surface area (Å²) in [6.45, 7) is 0.928. The minimum atomic E-state index is -0.945. The lowest BCUT2D eigenvalue weighted by Crippen LogP contribution is -2.24. The van der Waals surface area contributed by atoms with Gasteiger partial charge in [0.15, 0.2) is 11.6 Å². The number of aliphatic carboxylic acids is 1. The summed E-state index contributed by atoms with van der Waals surface area (Å²) in [5.74, 6) is -1.04. The molecular weight excluding hydrogens is 482 g/mol. The van der Waals surface area contributed by atoms with Crippen LogP contribution in [0.5, 0.6) is 0 Å². The smallest absolute Gasteiger partial charge is 0.329 e. The van der Waals surface area contributed by atoms with Crippen LogP contribution in [0.4, 0.5) is 8.78 Å². The van der Waals surface area contributed by atoms with E-state index in [1.54, 1.807) is 23.9 Å². The van der Waals surface area contributed by atoms with Gasteiger partial charge in [-0.25, -0.2) is 13.6 Å². The number of carboxylic acid groups (broad SMARTS) is 1. The predicted molar refractivity (Wildman–Crippen MR) is 139 cm³/mol. The molecule has 5 nitrogen and oxygen atoms in total. The lowest BCUT2D eigenvalue weighted by Gasteiger charge is -2.28. The number of carboxylic acids is 1. The third kappa shape index (κ3) is 6.34. The number of rotatable bonds is 11. The Morgan fingerprint density at radius 2 is 1.81 bits per heavy atom. The molecule has 0 aliphatic heterocycles. The Bertz CT molecular complexity index is 1160. The molecule has 0 unspecified atom stereocenters. The lowest BCUT2D eigenvalue weighted by atomic mass is 9.82. The number of hydrogen-bond acceptors (Lipinski definition) is 4. The Labute approximate surface area is 214 Å². The first-order valence-electron chi connectivity index (χ1n) is 12.4. The van der Waals surface area contributed by atoms with Crippen LogP contribution in [-0.2, 0) is 22.5 Å². The van der Waals surface area contributed by atoms with E-state index < -0.39 is 17.6 Å². The minimum absolute atomic E-state index is 0.246. The Balaban J connectivity index is 1.64. The molecule has 2 aromatic carbocycles. The fourth-order valence-electron chi connectivity index (χ4n) is 5.02. The van der Waals surface area contributed by atoms with Crippen LogP contribution in [0.2, 0.25) is 0 Å². The molecular formula is C28H32F2N2O3S. The summed E-state index contributed by atoms with van der Waals surface area (Å²) in [6, 6.07) is 14.0. The number of nitrogens with zero attached hydrogens (tertiary/aromatic N) is 2. The van der Waals surface area contributed by atoms with E-state index in [-0.39, 0.29) is 12.2 Å². The van der Waals surface area contributed by atoms with Crippen molar-refractivity contribution < 1.29 is 23.4 Å². The Kier molecular flexibility index (Phi) is 9.15.